The summed E-state index contributed by atoms with van der Waals surface area (Å²) < 4.78 is 0. The lowest BCUT2D eigenvalue weighted by molar-refractivity contribution is 0.414. The van der Waals surface area contributed by atoms with Crippen molar-refractivity contribution in [1.82, 2.24) is 4.90 Å². The first kappa shape index (κ1) is 17.0. The van der Waals surface area contributed by atoms with E-state index in [1.165, 1.54) is 37.7 Å². The third kappa shape index (κ3) is 9.09. The quantitative estimate of drug-likeness (QED) is 0.374. The summed E-state index contributed by atoms with van der Waals surface area (Å²) in [5, 5.41) is 0. The second-order valence-electron chi connectivity index (χ2n) is 5.08. The summed E-state index contributed by atoms with van der Waals surface area (Å²) >= 11 is 0. The van der Waals surface area contributed by atoms with Gasteiger partial charge >= 0.3 is 0 Å². The van der Waals surface area contributed by atoms with Crippen molar-refractivity contribution >= 4 is 0 Å². The molecule has 0 atom stereocenters. The van der Waals surface area contributed by atoms with Crippen molar-refractivity contribution in [3.05, 3.63) is 36.1 Å². The highest BCUT2D eigenvalue weighted by atomic mass is 15.1. The molecule has 0 N–H and O–H groups in total. The molecule has 104 valence electrons. The topological polar surface area (TPSA) is 3.24 Å². The molecule has 1 nitrogen and oxygen atoms in total. The first-order valence-corrected chi connectivity index (χ1v) is 7.29. The third-order valence-corrected chi connectivity index (χ3v) is 3.09. The number of nitrogens with zero attached hydrogens (tertiary/aromatic N) is 1. The molecule has 0 unspecified atom stereocenters. The van der Waals surface area contributed by atoms with Crippen molar-refractivity contribution in [1.29, 1.82) is 0 Å². The van der Waals surface area contributed by atoms with E-state index in [2.05, 4.69) is 57.4 Å². The molecule has 0 spiro atoms. The lowest BCUT2D eigenvalue weighted by Crippen LogP contribution is -2.23. The van der Waals surface area contributed by atoms with Gasteiger partial charge in [-0.25, -0.2) is 0 Å². The van der Waals surface area contributed by atoms with Crippen molar-refractivity contribution < 1.29 is 0 Å². The van der Waals surface area contributed by atoms with Crippen LogP contribution in [-0.4, -0.2) is 18.0 Å². The fourth-order valence-electron chi connectivity index (χ4n) is 1.87. The number of hydrogen-bond donors (Lipinski definition) is 0. The van der Waals surface area contributed by atoms with Crippen LogP contribution in [0.2, 0.25) is 0 Å². The minimum atomic E-state index is 0.965. The van der Waals surface area contributed by atoms with E-state index in [4.69, 9.17) is 0 Å². The molecule has 0 bridgehead atoms. The second-order valence-corrected chi connectivity index (χ2v) is 5.08. The van der Waals surface area contributed by atoms with Gasteiger partial charge < -0.3 is 4.90 Å². The average Bonchev–Trinajstić information content (AvgIpc) is 2.33. The molecule has 0 fully saturated rings. The molecule has 1 heteroatoms. The molecule has 0 radical (unpaired) electrons. The summed E-state index contributed by atoms with van der Waals surface area (Å²) in [5.41, 5.74) is 2.60. The fraction of sp³-hybridized carbons (Fsp3) is 0.647. The zero-order valence-electron chi connectivity index (χ0n) is 12.8. The minimum absolute atomic E-state index is 0.965. The van der Waals surface area contributed by atoms with Crippen LogP contribution < -0.4 is 0 Å². The highest BCUT2D eigenvalue weighted by Gasteiger charge is 2.02. The van der Waals surface area contributed by atoms with E-state index < -0.39 is 0 Å². The molecule has 0 aliphatic carbocycles. The van der Waals surface area contributed by atoms with E-state index in [-0.39, 0.29) is 0 Å². The van der Waals surface area contributed by atoms with Crippen LogP contribution in [0.5, 0.6) is 0 Å². The summed E-state index contributed by atoms with van der Waals surface area (Å²) in [6, 6.07) is 0. The number of hydrogen-bond acceptors (Lipinski definition) is 1. The Labute approximate surface area is 114 Å². The van der Waals surface area contributed by atoms with Crippen LogP contribution in [0.15, 0.2) is 36.1 Å². The maximum absolute atomic E-state index is 4.05. The van der Waals surface area contributed by atoms with Gasteiger partial charge in [0.05, 0.1) is 0 Å². The fourth-order valence-corrected chi connectivity index (χ4v) is 1.87. The van der Waals surface area contributed by atoms with E-state index in [0.29, 0.717) is 0 Å². The summed E-state index contributed by atoms with van der Waals surface area (Å²) in [6.45, 7) is 14.6. The molecule has 0 saturated heterocycles. The minimum Gasteiger partial charge on any atom is -0.368 e. The number of rotatable bonds is 10. The van der Waals surface area contributed by atoms with E-state index in [9.17, 15) is 0 Å². The normalized spacial score (nSPS) is 12.1. The Morgan fingerprint density at radius 3 is 2.44 bits per heavy atom. The number of allylic oxidation sites excluding steroid dienone is 3. The van der Waals surface area contributed by atoms with E-state index in [1.54, 1.807) is 0 Å². The van der Waals surface area contributed by atoms with Crippen molar-refractivity contribution in [3.8, 4) is 0 Å². The van der Waals surface area contributed by atoms with Crippen molar-refractivity contribution in [2.24, 2.45) is 0 Å². The first-order chi connectivity index (χ1) is 8.61. The van der Waals surface area contributed by atoms with Crippen LogP contribution in [0, 0.1) is 0 Å². The molecule has 0 aliphatic heterocycles. The van der Waals surface area contributed by atoms with Gasteiger partial charge in [-0.1, -0.05) is 56.6 Å². The predicted molar refractivity (Wildman–Crippen MR) is 83.7 cm³/mol. The molecular weight excluding hydrogens is 218 g/mol. The molecule has 0 amide bonds. The van der Waals surface area contributed by atoms with Gasteiger partial charge in [0.15, 0.2) is 0 Å². The van der Waals surface area contributed by atoms with Gasteiger partial charge in [-0.2, -0.15) is 0 Å². The van der Waals surface area contributed by atoms with Gasteiger partial charge in [-0.05, 0) is 33.6 Å². The Bertz CT molecular complexity index is 273. The monoisotopic (exact) mass is 249 g/mol. The average molecular weight is 249 g/mol. The molecule has 0 heterocycles. The van der Waals surface area contributed by atoms with Gasteiger partial charge in [-0.3, -0.25) is 0 Å². The van der Waals surface area contributed by atoms with Gasteiger partial charge in [0.1, 0.15) is 0 Å². The highest BCUT2D eigenvalue weighted by molar-refractivity contribution is 5.06. The van der Waals surface area contributed by atoms with Crippen LogP contribution >= 0.6 is 0 Å². The Balaban J connectivity index is 4.03. The summed E-state index contributed by atoms with van der Waals surface area (Å²) in [4.78, 5) is 2.32. The molecule has 0 aromatic rings. The Hall–Kier alpha value is -0.980. The molecule has 18 heavy (non-hydrogen) atoms. The molecule has 0 saturated carbocycles. The molecule has 0 rings (SSSR count). The third-order valence-electron chi connectivity index (χ3n) is 3.09. The molecule has 0 aliphatic rings. The van der Waals surface area contributed by atoms with E-state index in [1.807, 2.05) is 0 Å². The summed E-state index contributed by atoms with van der Waals surface area (Å²) in [5.74, 6) is 0. The molecule has 0 aromatic heterocycles. The van der Waals surface area contributed by atoms with Crippen molar-refractivity contribution in [2.45, 2.75) is 59.8 Å². The van der Waals surface area contributed by atoms with Crippen LogP contribution in [0.4, 0.5) is 0 Å². The van der Waals surface area contributed by atoms with E-state index >= 15 is 0 Å². The summed E-state index contributed by atoms with van der Waals surface area (Å²) in [6.07, 6.45) is 13.3. The Kier molecular flexibility index (Phi) is 10.5. The van der Waals surface area contributed by atoms with E-state index in [0.717, 1.165) is 18.8 Å². The summed E-state index contributed by atoms with van der Waals surface area (Å²) in [7, 11) is 0. The Morgan fingerprint density at radius 2 is 1.89 bits per heavy atom. The predicted octanol–water partition coefficient (Wildman–Crippen LogP) is 5.31. The SMILES string of the molecule is C=C(C)N(C/C=C\C)C/C(C)=C/CCCCCC. The number of unbranched alkanes of at least 4 members (excludes halogenated alkanes) is 4. The van der Waals surface area contributed by atoms with Gasteiger partial charge in [0.2, 0.25) is 0 Å². The van der Waals surface area contributed by atoms with Gasteiger partial charge in [-0.15, -0.1) is 0 Å². The maximum Gasteiger partial charge on any atom is 0.0386 e. The Morgan fingerprint density at radius 1 is 1.17 bits per heavy atom. The van der Waals surface area contributed by atoms with Gasteiger partial charge in [0, 0.05) is 18.8 Å². The maximum atomic E-state index is 4.05. The second kappa shape index (κ2) is 11.1. The van der Waals surface area contributed by atoms with Crippen LogP contribution in [0.1, 0.15) is 59.8 Å². The standard InChI is InChI=1S/C17H31N/c1-6-8-10-11-12-13-17(5)15-18(16(3)4)14-9-7-2/h7,9,13H,3,6,8,10-12,14-15H2,1-2,4-5H3/b9-7-,17-13+. The zero-order valence-corrected chi connectivity index (χ0v) is 12.8. The van der Waals surface area contributed by atoms with Crippen molar-refractivity contribution in [3.63, 3.8) is 0 Å². The van der Waals surface area contributed by atoms with Crippen LogP contribution in [0.3, 0.4) is 0 Å². The van der Waals surface area contributed by atoms with Gasteiger partial charge in [0.25, 0.3) is 0 Å². The van der Waals surface area contributed by atoms with Crippen LogP contribution in [0.25, 0.3) is 0 Å². The molecule has 0 aromatic carbocycles. The smallest absolute Gasteiger partial charge is 0.0386 e. The zero-order chi connectivity index (χ0) is 13.8. The molecular formula is C17H31N. The highest BCUT2D eigenvalue weighted by Crippen LogP contribution is 2.09. The lowest BCUT2D eigenvalue weighted by Gasteiger charge is -2.23. The van der Waals surface area contributed by atoms with Crippen LogP contribution in [-0.2, 0) is 0 Å². The largest absolute Gasteiger partial charge is 0.368 e. The van der Waals surface area contributed by atoms with Crippen molar-refractivity contribution in [2.75, 3.05) is 13.1 Å². The lowest BCUT2D eigenvalue weighted by atomic mass is 10.1. The first-order valence-electron chi connectivity index (χ1n) is 7.29.